The van der Waals surface area contributed by atoms with Gasteiger partial charge in [0.2, 0.25) is 0 Å². The van der Waals surface area contributed by atoms with Crippen LogP contribution in [0.3, 0.4) is 0 Å². The Morgan fingerprint density at radius 1 is 1.12 bits per heavy atom. The van der Waals surface area contributed by atoms with Crippen LogP contribution < -0.4 is 0 Å². The van der Waals surface area contributed by atoms with Gasteiger partial charge < -0.3 is 0 Å². The van der Waals surface area contributed by atoms with Crippen molar-refractivity contribution in [3.63, 3.8) is 0 Å². The van der Waals surface area contributed by atoms with E-state index in [1.807, 2.05) is 19.9 Å². The van der Waals surface area contributed by atoms with Crippen molar-refractivity contribution in [3.05, 3.63) is 39.7 Å². The molecule has 26 heavy (non-hydrogen) atoms. The molecule has 0 unspecified atom stereocenters. The summed E-state index contributed by atoms with van der Waals surface area (Å²) in [6, 6.07) is 1.96. The monoisotopic (exact) mass is 376 g/mol. The van der Waals surface area contributed by atoms with Crippen LogP contribution in [0.25, 0.3) is 0 Å². The molecule has 0 fully saturated rings. The van der Waals surface area contributed by atoms with Crippen molar-refractivity contribution < 1.29 is 13.2 Å². The summed E-state index contributed by atoms with van der Waals surface area (Å²) in [5.41, 5.74) is 3.95. The Morgan fingerprint density at radius 2 is 1.73 bits per heavy atom. The normalized spacial score (nSPS) is 14.2. The Hall–Kier alpha value is -2.22. The summed E-state index contributed by atoms with van der Waals surface area (Å²) >= 11 is 0. The molecule has 7 nitrogen and oxygen atoms in total. The van der Waals surface area contributed by atoms with Gasteiger partial charge in [-0.05, 0) is 69.2 Å². The Morgan fingerprint density at radius 3 is 2.35 bits per heavy atom. The highest BCUT2D eigenvalue weighted by Crippen LogP contribution is 2.29. The molecule has 2 aromatic rings. The number of hydrogen-bond acceptors (Lipinski definition) is 5. The average Bonchev–Trinajstić information content (AvgIpc) is 3.03. The zero-order chi connectivity index (χ0) is 19.2. The fraction of sp³-hybridized carbons (Fsp3) is 0.500. The molecular formula is C18H24N4O3S. The summed E-state index contributed by atoms with van der Waals surface area (Å²) in [6.07, 6.45) is 2.61. The van der Waals surface area contributed by atoms with E-state index in [0.29, 0.717) is 24.1 Å². The first-order chi connectivity index (χ1) is 12.2. The Labute approximate surface area is 154 Å². The standard InChI is InChI=1S/C18H24N4O3S/c1-11-10-12(2)14(4)17(13(11)3)26(24,25)21(5)18(23)16-15-8-6-7-9-22(15)20-19-16/h10H,6-9H2,1-5H3. The van der Waals surface area contributed by atoms with Crippen molar-refractivity contribution in [3.8, 4) is 0 Å². The van der Waals surface area contributed by atoms with Gasteiger partial charge in [0.05, 0.1) is 10.6 Å². The minimum atomic E-state index is -3.99. The number of amides is 1. The van der Waals surface area contributed by atoms with Crippen LogP contribution in [0, 0.1) is 27.7 Å². The van der Waals surface area contributed by atoms with Crippen LogP contribution >= 0.6 is 0 Å². The number of carbonyl (C=O) groups is 1. The summed E-state index contributed by atoms with van der Waals surface area (Å²) in [5, 5.41) is 7.97. The number of sulfonamides is 1. The summed E-state index contributed by atoms with van der Waals surface area (Å²) < 4.78 is 29.0. The van der Waals surface area contributed by atoms with Crippen LogP contribution in [0.1, 0.15) is 51.3 Å². The largest absolute Gasteiger partial charge is 0.289 e. The van der Waals surface area contributed by atoms with Crippen LogP contribution in [-0.4, -0.2) is 40.7 Å². The zero-order valence-corrected chi connectivity index (χ0v) is 16.6. The van der Waals surface area contributed by atoms with Gasteiger partial charge in [-0.15, -0.1) is 5.10 Å². The maximum atomic E-state index is 13.2. The third-order valence-corrected chi connectivity index (χ3v) is 7.29. The fourth-order valence-electron chi connectivity index (χ4n) is 3.44. The highest BCUT2D eigenvalue weighted by molar-refractivity contribution is 7.89. The van der Waals surface area contributed by atoms with Gasteiger partial charge in [-0.1, -0.05) is 11.3 Å². The number of aromatic nitrogens is 3. The van der Waals surface area contributed by atoms with Crippen molar-refractivity contribution in [1.29, 1.82) is 0 Å². The second-order valence-corrected chi connectivity index (χ2v) is 8.84. The zero-order valence-electron chi connectivity index (χ0n) is 15.8. The second-order valence-electron chi connectivity index (χ2n) is 6.93. The molecule has 8 heteroatoms. The van der Waals surface area contributed by atoms with Crippen LogP contribution in [-0.2, 0) is 23.0 Å². The van der Waals surface area contributed by atoms with Crippen LogP contribution in [0.15, 0.2) is 11.0 Å². The number of nitrogens with zero attached hydrogens (tertiary/aromatic N) is 4. The van der Waals surface area contributed by atoms with E-state index in [2.05, 4.69) is 10.3 Å². The Kier molecular flexibility index (Phi) is 4.64. The van der Waals surface area contributed by atoms with E-state index in [1.54, 1.807) is 18.5 Å². The molecule has 1 aliphatic rings. The highest BCUT2D eigenvalue weighted by atomic mass is 32.2. The molecule has 1 aliphatic heterocycles. The van der Waals surface area contributed by atoms with E-state index in [-0.39, 0.29) is 10.6 Å². The number of rotatable bonds is 3. The Bertz CT molecular complexity index is 966. The molecule has 1 amide bonds. The van der Waals surface area contributed by atoms with E-state index in [4.69, 9.17) is 0 Å². The van der Waals surface area contributed by atoms with Crippen molar-refractivity contribution in [1.82, 2.24) is 19.3 Å². The molecular weight excluding hydrogens is 352 g/mol. The lowest BCUT2D eigenvalue weighted by Gasteiger charge is -2.22. The Balaban J connectivity index is 2.06. The lowest BCUT2D eigenvalue weighted by atomic mass is 10.0. The first-order valence-electron chi connectivity index (χ1n) is 8.69. The molecule has 0 bridgehead atoms. The van der Waals surface area contributed by atoms with E-state index in [1.165, 1.54) is 7.05 Å². The third kappa shape index (κ3) is 2.82. The maximum absolute atomic E-state index is 13.2. The number of carbonyl (C=O) groups excluding carboxylic acids is 1. The molecule has 1 aromatic heterocycles. The minimum Gasteiger partial charge on any atom is -0.266 e. The molecule has 1 aromatic carbocycles. The molecule has 0 atom stereocenters. The summed E-state index contributed by atoms with van der Waals surface area (Å²) in [7, 11) is -2.70. The number of hydrogen-bond donors (Lipinski definition) is 0. The molecule has 0 radical (unpaired) electrons. The molecule has 140 valence electrons. The van der Waals surface area contributed by atoms with E-state index < -0.39 is 15.9 Å². The predicted octanol–water partition coefficient (Wildman–Crippen LogP) is 2.31. The lowest BCUT2D eigenvalue weighted by molar-refractivity contribution is 0.0876. The molecule has 0 aliphatic carbocycles. The lowest BCUT2D eigenvalue weighted by Crippen LogP contribution is -2.35. The van der Waals surface area contributed by atoms with Crippen LogP contribution in [0.5, 0.6) is 0 Å². The van der Waals surface area contributed by atoms with Crippen molar-refractivity contribution >= 4 is 15.9 Å². The van der Waals surface area contributed by atoms with E-state index >= 15 is 0 Å². The highest BCUT2D eigenvalue weighted by Gasteiger charge is 2.33. The van der Waals surface area contributed by atoms with Crippen molar-refractivity contribution in [2.75, 3.05) is 7.05 Å². The van der Waals surface area contributed by atoms with Crippen LogP contribution in [0.4, 0.5) is 0 Å². The molecule has 0 N–H and O–H groups in total. The molecule has 2 heterocycles. The number of benzene rings is 1. The van der Waals surface area contributed by atoms with Gasteiger partial charge in [-0.3, -0.25) is 4.79 Å². The minimum absolute atomic E-state index is 0.135. The third-order valence-electron chi connectivity index (χ3n) is 5.28. The van der Waals surface area contributed by atoms with Crippen molar-refractivity contribution in [2.24, 2.45) is 0 Å². The van der Waals surface area contributed by atoms with Gasteiger partial charge in [-0.2, -0.15) is 0 Å². The molecule has 0 saturated carbocycles. The maximum Gasteiger partial charge on any atom is 0.289 e. The van der Waals surface area contributed by atoms with E-state index in [9.17, 15) is 13.2 Å². The van der Waals surface area contributed by atoms with Crippen LogP contribution in [0.2, 0.25) is 0 Å². The smallest absolute Gasteiger partial charge is 0.266 e. The first-order valence-corrected chi connectivity index (χ1v) is 10.1. The van der Waals surface area contributed by atoms with Crippen molar-refractivity contribution in [2.45, 2.75) is 58.4 Å². The van der Waals surface area contributed by atoms with Gasteiger partial charge >= 0.3 is 0 Å². The van der Waals surface area contributed by atoms with Gasteiger partial charge in [0.15, 0.2) is 5.69 Å². The van der Waals surface area contributed by atoms with Gasteiger partial charge in [0.25, 0.3) is 15.9 Å². The molecule has 0 spiro atoms. The second kappa shape index (κ2) is 6.50. The SMILES string of the molecule is Cc1cc(C)c(C)c(S(=O)(=O)N(C)C(=O)c2nnn3c2CCCC3)c1C. The quantitative estimate of drug-likeness (QED) is 0.821. The van der Waals surface area contributed by atoms with Gasteiger partial charge in [0.1, 0.15) is 0 Å². The average molecular weight is 376 g/mol. The number of aryl methyl sites for hydroxylation is 3. The molecule has 0 saturated heterocycles. The predicted molar refractivity (Wildman–Crippen MR) is 97.6 cm³/mol. The summed E-state index contributed by atoms with van der Waals surface area (Å²) in [6.45, 7) is 8.00. The van der Waals surface area contributed by atoms with Gasteiger partial charge in [-0.25, -0.2) is 17.4 Å². The number of fused-ring (bicyclic) bond motifs is 1. The molecule has 3 rings (SSSR count). The summed E-state index contributed by atoms with van der Waals surface area (Å²) in [4.78, 5) is 13.1. The topological polar surface area (TPSA) is 85.2 Å². The fourth-order valence-corrected chi connectivity index (χ4v) is 5.12. The van der Waals surface area contributed by atoms with Gasteiger partial charge in [0, 0.05) is 13.6 Å². The first kappa shape index (κ1) is 18.6. The summed E-state index contributed by atoms with van der Waals surface area (Å²) in [5.74, 6) is -0.633. The van der Waals surface area contributed by atoms with E-state index in [0.717, 1.165) is 34.0 Å².